The van der Waals surface area contributed by atoms with Crippen LogP contribution in [-0.4, -0.2) is 50.0 Å². The van der Waals surface area contributed by atoms with Crippen molar-refractivity contribution in [2.75, 3.05) is 37.6 Å². The Bertz CT molecular complexity index is 1540. The maximum atomic E-state index is 14.3. The van der Waals surface area contributed by atoms with Crippen LogP contribution in [0, 0.1) is 0 Å². The van der Waals surface area contributed by atoms with Crippen LogP contribution in [0.4, 0.5) is 11.5 Å². The highest BCUT2D eigenvalue weighted by atomic mass is 35.5. The van der Waals surface area contributed by atoms with Gasteiger partial charge in [-0.05, 0) is 59.7 Å². The van der Waals surface area contributed by atoms with Crippen molar-refractivity contribution in [2.45, 2.75) is 19.0 Å². The van der Waals surface area contributed by atoms with Crippen molar-refractivity contribution < 1.29 is 14.3 Å². The molecule has 2 heterocycles. The second-order valence-corrected chi connectivity index (χ2v) is 10.4. The van der Waals surface area contributed by atoms with E-state index in [4.69, 9.17) is 37.7 Å². The first-order valence-electron chi connectivity index (χ1n) is 13.2. The number of nitrogens with one attached hydrogen (secondary N) is 1. The summed E-state index contributed by atoms with van der Waals surface area (Å²) in [5.74, 6) is 1.33. The molecule has 0 bridgehead atoms. The van der Waals surface area contributed by atoms with E-state index in [0.29, 0.717) is 41.9 Å². The number of carbonyl (C=O) groups excluding carboxylic acids is 1. The van der Waals surface area contributed by atoms with E-state index in [-0.39, 0.29) is 5.91 Å². The molecule has 1 amide bonds. The Hall–Kier alpha value is -3.91. The van der Waals surface area contributed by atoms with Crippen LogP contribution in [0.2, 0.25) is 10.0 Å². The number of hydrogen-bond acceptors (Lipinski definition) is 6. The zero-order valence-electron chi connectivity index (χ0n) is 22.8. The molecule has 0 radical (unpaired) electrons. The molecule has 7 nitrogen and oxygen atoms in total. The van der Waals surface area contributed by atoms with E-state index < -0.39 is 6.04 Å². The van der Waals surface area contributed by atoms with E-state index in [0.717, 1.165) is 39.5 Å². The molecule has 1 N–H and O–H groups in total. The topological polar surface area (TPSA) is 76.0 Å². The third-order valence-corrected chi connectivity index (χ3v) is 7.46. The zero-order chi connectivity index (χ0) is 28.8. The number of aromatic nitrogens is 1. The molecule has 0 saturated heterocycles. The highest BCUT2D eigenvalue weighted by Gasteiger charge is 2.33. The van der Waals surface area contributed by atoms with E-state index in [1.807, 2.05) is 72.8 Å². The summed E-state index contributed by atoms with van der Waals surface area (Å²) in [6.07, 6.45) is 2.10. The normalized spacial score (nSPS) is 14.7. The highest BCUT2D eigenvalue weighted by molar-refractivity contribution is 6.32. The number of benzodiazepines with no additional fused rings is 1. The first kappa shape index (κ1) is 28.6. The molecule has 4 aromatic rings. The minimum Gasteiger partial charge on any atom is -0.497 e. The number of hydrogen-bond donors (Lipinski definition) is 1. The molecular formula is C32H30Cl2N4O3. The molecule has 0 aliphatic carbocycles. The van der Waals surface area contributed by atoms with Gasteiger partial charge in [-0.15, -0.1) is 0 Å². The highest BCUT2D eigenvalue weighted by Crippen LogP contribution is 2.33. The fourth-order valence-corrected chi connectivity index (χ4v) is 5.13. The molecule has 41 heavy (non-hydrogen) atoms. The Morgan fingerprint density at radius 2 is 1.78 bits per heavy atom. The average Bonchev–Trinajstić information content (AvgIpc) is 3.09. The number of anilines is 2. The Kier molecular flexibility index (Phi) is 9.19. The van der Waals surface area contributed by atoms with Crippen molar-refractivity contribution in [1.29, 1.82) is 0 Å². The molecule has 1 aliphatic heterocycles. The lowest BCUT2D eigenvalue weighted by Gasteiger charge is -2.26. The van der Waals surface area contributed by atoms with Crippen molar-refractivity contribution in [3.8, 4) is 5.75 Å². The fraction of sp³-hybridized carbons (Fsp3) is 0.219. The Morgan fingerprint density at radius 1 is 0.976 bits per heavy atom. The van der Waals surface area contributed by atoms with Gasteiger partial charge in [0.1, 0.15) is 17.6 Å². The molecule has 9 heteroatoms. The lowest BCUT2D eigenvalue weighted by atomic mass is 10.0. The first-order chi connectivity index (χ1) is 20.0. The number of benzene rings is 3. The Labute approximate surface area is 249 Å². The van der Waals surface area contributed by atoms with Gasteiger partial charge in [0, 0.05) is 47.4 Å². The molecule has 1 aliphatic rings. The lowest BCUT2D eigenvalue weighted by molar-refractivity contribution is -0.119. The van der Waals surface area contributed by atoms with Gasteiger partial charge in [-0.1, -0.05) is 53.5 Å². The van der Waals surface area contributed by atoms with Crippen molar-refractivity contribution in [1.82, 2.24) is 4.98 Å². The lowest BCUT2D eigenvalue weighted by Crippen LogP contribution is -2.38. The van der Waals surface area contributed by atoms with Crippen LogP contribution in [0.25, 0.3) is 0 Å². The summed E-state index contributed by atoms with van der Waals surface area (Å²) < 4.78 is 10.4. The summed E-state index contributed by atoms with van der Waals surface area (Å²) in [5, 5.41) is 4.37. The number of ether oxygens (including phenoxy) is 2. The monoisotopic (exact) mass is 588 g/mol. The minimum atomic E-state index is -0.728. The number of methoxy groups -OCH3 is 2. The molecule has 0 saturated carbocycles. The van der Waals surface area contributed by atoms with E-state index in [9.17, 15) is 4.79 Å². The van der Waals surface area contributed by atoms with E-state index in [1.54, 1.807) is 31.4 Å². The number of nitrogens with zero attached hydrogens (tertiary/aromatic N) is 3. The first-order valence-corrected chi connectivity index (χ1v) is 14.0. The van der Waals surface area contributed by atoms with Gasteiger partial charge in [0.05, 0.1) is 31.7 Å². The summed E-state index contributed by atoms with van der Waals surface area (Å²) in [6, 6.07) is 23.9. The largest absolute Gasteiger partial charge is 0.497 e. The maximum absolute atomic E-state index is 14.3. The summed E-state index contributed by atoms with van der Waals surface area (Å²) in [6.45, 7) is 1.55. The van der Waals surface area contributed by atoms with Crippen LogP contribution >= 0.6 is 23.2 Å². The number of rotatable bonds is 10. The van der Waals surface area contributed by atoms with Gasteiger partial charge in [-0.2, -0.15) is 0 Å². The van der Waals surface area contributed by atoms with E-state index in [2.05, 4.69) is 10.3 Å². The predicted molar refractivity (Wildman–Crippen MR) is 165 cm³/mol. The summed E-state index contributed by atoms with van der Waals surface area (Å²) in [7, 11) is 3.28. The molecule has 210 valence electrons. The van der Waals surface area contributed by atoms with E-state index >= 15 is 0 Å². The third kappa shape index (κ3) is 6.70. The average molecular weight is 590 g/mol. The third-order valence-electron chi connectivity index (χ3n) is 6.86. The standard InChI is InChI=1S/C32H30Cl2N4O3/c1-40-16-15-35-30-14-9-23(19-36-30)31-26-18-24(33)10-13-29(26)38(20-21-7-11-25(41-2)12-8-21)32(39)28(37-31)17-22-5-3-4-6-27(22)34/h3-14,18-19,28H,15-17,20H2,1-2H3,(H,35,36)/t28-/m0/s1. The van der Waals surface area contributed by atoms with Crippen molar-refractivity contribution in [3.63, 3.8) is 0 Å². The van der Waals surface area contributed by atoms with Crippen LogP contribution in [0.1, 0.15) is 22.3 Å². The number of aliphatic imine (C=N–C) groups is 1. The van der Waals surface area contributed by atoms with Crippen LogP contribution in [0.15, 0.2) is 90.1 Å². The van der Waals surface area contributed by atoms with Gasteiger partial charge >= 0.3 is 0 Å². The van der Waals surface area contributed by atoms with Gasteiger partial charge in [-0.3, -0.25) is 9.79 Å². The molecule has 5 rings (SSSR count). The second-order valence-electron chi connectivity index (χ2n) is 9.57. The van der Waals surface area contributed by atoms with Gasteiger partial charge in [0.2, 0.25) is 0 Å². The minimum absolute atomic E-state index is 0.134. The molecule has 3 aromatic carbocycles. The Balaban J connectivity index is 1.60. The zero-order valence-corrected chi connectivity index (χ0v) is 24.3. The number of fused-ring (bicyclic) bond motifs is 1. The molecule has 0 spiro atoms. The molecule has 0 fully saturated rings. The molecule has 1 aromatic heterocycles. The fourth-order valence-electron chi connectivity index (χ4n) is 4.74. The second kappa shape index (κ2) is 13.2. The van der Waals surface area contributed by atoms with E-state index in [1.165, 1.54) is 0 Å². The summed E-state index contributed by atoms with van der Waals surface area (Å²) in [5.41, 5.74) is 4.68. The number of pyridine rings is 1. The van der Waals surface area contributed by atoms with Gasteiger partial charge in [0.25, 0.3) is 5.91 Å². The van der Waals surface area contributed by atoms with Gasteiger partial charge in [0.15, 0.2) is 0 Å². The van der Waals surface area contributed by atoms with Crippen molar-refractivity contribution in [3.05, 3.63) is 117 Å². The van der Waals surface area contributed by atoms with Crippen LogP contribution in [0.5, 0.6) is 5.75 Å². The van der Waals surface area contributed by atoms with Crippen LogP contribution < -0.4 is 15.0 Å². The number of carbonyl (C=O) groups is 1. The smallest absolute Gasteiger partial charge is 0.252 e. The molecule has 1 atom stereocenters. The number of halogens is 2. The van der Waals surface area contributed by atoms with Gasteiger partial charge < -0.3 is 19.7 Å². The SMILES string of the molecule is COCCNc1ccc(C2=N[C@@H](Cc3ccccc3Cl)C(=O)N(Cc3ccc(OC)cc3)c3ccc(Cl)cc32)cn1. The van der Waals surface area contributed by atoms with Crippen molar-refractivity contribution in [2.24, 2.45) is 4.99 Å². The van der Waals surface area contributed by atoms with Gasteiger partial charge in [-0.25, -0.2) is 4.98 Å². The Morgan fingerprint density at radius 3 is 2.49 bits per heavy atom. The summed E-state index contributed by atoms with van der Waals surface area (Å²) >= 11 is 13.0. The van der Waals surface area contributed by atoms with Crippen LogP contribution in [0.3, 0.4) is 0 Å². The molecule has 0 unspecified atom stereocenters. The summed E-state index contributed by atoms with van der Waals surface area (Å²) in [4.78, 5) is 25.7. The van der Waals surface area contributed by atoms with Crippen molar-refractivity contribution >= 4 is 46.3 Å². The maximum Gasteiger partial charge on any atom is 0.252 e. The molecular weight excluding hydrogens is 559 g/mol. The predicted octanol–water partition coefficient (Wildman–Crippen LogP) is 6.45. The van der Waals surface area contributed by atoms with Crippen LogP contribution in [-0.2, 0) is 22.5 Å². The number of amides is 1. The quantitative estimate of drug-likeness (QED) is 0.215.